The molecule has 0 fully saturated rings. The maximum Gasteiger partial charge on any atom is 0.114 e. The van der Waals surface area contributed by atoms with Crippen LogP contribution in [0.2, 0.25) is 0 Å². The summed E-state index contributed by atoms with van der Waals surface area (Å²) in [5.41, 5.74) is 1.31. The molecule has 1 unspecified atom stereocenters. The molecule has 0 aliphatic heterocycles. The first-order valence-corrected chi connectivity index (χ1v) is 3.19. The molecule has 0 aliphatic carbocycles. The molecule has 0 spiro atoms. The van der Waals surface area contributed by atoms with Gasteiger partial charge in [-0.2, -0.15) is 0 Å². The second kappa shape index (κ2) is 5.68. The first-order valence-electron chi connectivity index (χ1n) is 2.75. The minimum atomic E-state index is -0.516. The quantitative estimate of drug-likeness (QED) is 0.554. The van der Waals surface area contributed by atoms with E-state index in [1.807, 2.05) is 6.92 Å². The number of halogens is 1. The summed E-state index contributed by atoms with van der Waals surface area (Å²) in [5, 5.41) is 8.83. The van der Waals surface area contributed by atoms with E-state index in [1.165, 1.54) is 11.6 Å². The highest BCUT2D eigenvalue weighted by atomic mass is 35.5. The number of allylic oxidation sites excluding steroid dienone is 1. The van der Waals surface area contributed by atoms with Crippen molar-refractivity contribution in [2.75, 3.05) is 0 Å². The Kier molecular flexibility index (Phi) is 5.40. The summed E-state index contributed by atoms with van der Waals surface area (Å²) < 4.78 is 0. The molecule has 0 aromatic rings. The first-order chi connectivity index (χ1) is 4.31. The van der Waals surface area contributed by atoms with Crippen molar-refractivity contribution >= 4 is 11.6 Å². The standard InChI is InChI=1S/C7H9ClO/c1-2-7(9)5-3-4-6-8/h4,6-7,9H,2H2,1H3/b6-4-. The Balaban J connectivity index is 3.58. The van der Waals surface area contributed by atoms with Crippen LogP contribution in [0.3, 0.4) is 0 Å². The molecule has 0 radical (unpaired) electrons. The van der Waals surface area contributed by atoms with Gasteiger partial charge in [-0.05, 0) is 12.5 Å². The molecule has 1 N–H and O–H groups in total. The van der Waals surface area contributed by atoms with Crippen molar-refractivity contribution in [3.05, 3.63) is 11.6 Å². The highest BCUT2D eigenvalue weighted by Gasteiger charge is 1.88. The summed E-state index contributed by atoms with van der Waals surface area (Å²) >= 11 is 5.16. The average Bonchev–Trinajstić information content (AvgIpc) is 1.89. The zero-order valence-electron chi connectivity index (χ0n) is 5.26. The predicted molar refractivity (Wildman–Crippen MR) is 39.1 cm³/mol. The van der Waals surface area contributed by atoms with Crippen LogP contribution in [0, 0.1) is 11.8 Å². The van der Waals surface area contributed by atoms with Crippen LogP contribution >= 0.6 is 11.6 Å². The van der Waals surface area contributed by atoms with Gasteiger partial charge >= 0.3 is 0 Å². The largest absolute Gasteiger partial charge is 0.380 e. The monoisotopic (exact) mass is 144 g/mol. The number of aliphatic hydroxyl groups excluding tert-OH is 1. The number of aliphatic hydroxyl groups is 1. The molecule has 0 saturated heterocycles. The maximum atomic E-state index is 8.83. The first kappa shape index (κ1) is 8.55. The summed E-state index contributed by atoms with van der Waals surface area (Å²) in [5.74, 6) is 5.14. The van der Waals surface area contributed by atoms with Crippen molar-refractivity contribution in [3.8, 4) is 11.8 Å². The Bertz CT molecular complexity index is 141. The van der Waals surface area contributed by atoms with E-state index in [2.05, 4.69) is 11.8 Å². The molecule has 0 rings (SSSR count). The second-order valence-corrected chi connectivity index (χ2v) is 1.76. The zero-order valence-corrected chi connectivity index (χ0v) is 6.02. The van der Waals surface area contributed by atoms with Crippen LogP contribution in [0.15, 0.2) is 11.6 Å². The molecule has 0 aromatic heterocycles. The lowest BCUT2D eigenvalue weighted by atomic mass is 10.3. The van der Waals surface area contributed by atoms with Gasteiger partial charge in [0.15, 0.2) is 0 Å². The van der Waals surface area contributed by atoms with Gasteiger partial charge in [-0.15, -0.1) is 0 Å². The predicted octanol–water partition coefficient (Wildman–Crippen LogP) is 1.51. The summed E-state index contributed by atoms with van der Waals surface area (Å²) in [7, 11) is 0. The van der Waals surface area contributed by atoms with Gasteiger partial charge in [-0.3, -0.25) is 0 Å². The normalized spacial score (nSPS) is 12.8. The van der Waals surface area contributed by atoms with Gasteiger partial charge in [0, 0.05) is 5.54 Å². The van der Waals surface area contributed by atoms with E-state index >= 15 is 0 Å². The molecule has 1 nitrogen and oxygen atoms in total. The van der Waals surface area contributed by atoms with Crippen molar-refractivity contribution in [2.45, 2.75) is 19.4 Å². The number of hydrogen-bond donors (Lipinski definition) is 1. The van der Waals surface area contributed by atoms with Crippen molar-refractivity contribution < 1.29 is 5.11 Å². The smallest absolute Gasteiger partial charge is 0.114 e. The van der Waals surface area contributed by atoms with Crippen molar-refractivity contribution in [2.24, 2.45) is 0 Å². The molecule has 0 aliphatic rings. The van der Waals surface area contributed by atoms with Gasteiger partial charge in [0.2, 0.25) is 0 Å². The Labute approximate surface area is 60.3 Å². The number of hydrogen-bond acceptors (Lipinski definition) is 1. The third-order valence-electron chi connectivity index (χ3n) is 0.783. The summed E-state index contributed by atoms with van der Waals surface area (Å²) in [6.45, 7) is 1.86. The van der Waals surface area contributed by atoms with Crippen molar-refractivity contribution in [1.29, 1.82) is 0 Å². The molecule has 0 bridgehead atoms. The second-order valence-electron chi connectivity index (χ2n) is 1.51. The van der Waals surface area contributed by atoms with E-state index < -0.39 is 6.10 Å². The van der Waals surface area contributed by atoms with Gasteiger partial charge in [-0.1, -0.05) is 30.4 Å². The Morgan fingerprint density at radius 2 is 2.44 bits per heavy atom. The molecule has 0 heterocycles. The fourth-order valence-electron chi connectivity index (χ4n) is 0.278. The molecule has 9 heavy (non-hydrogen) atoms. The van der Waals surface area contributed by atoms with Gasteiger partial charge in [0.1, 0.15) is 6.10 Å². The van der Waals surface area contributed by atoms with E-state index in [1.54, 1.807) is 0 Å². The van der Waals surface area contributed by atoms with Gasteiger partial charge in [-0.25, -0.2) is 0 Å². The third-order valence-corrected chi connectivity index (χ3v) is 0.909. The number of rotatable bonds is 1. The Hall–Kier alpha value is -0.450. The molecule has 2 heteroatoms. The van der Waals surface area contributed by atoms with Crippen LogP contribution < -0.4 is 0 Å². The lowest BCUT2D eigenvalue weighted by molar-refractivity contribution is 0.228. The minimum absolute atomic E-state index is 0.516. The van der Waals surface area contributed by atoms with Gasteiger partial charge in [0.25, 0.3) is 0 Å². The molecule has 0 aromatic carbocycles. The topological polar surface area (TPSA) is 20.2 Å². The summed E-state index contributed by atoms with van der Waals surface area (Å²) in [6, 6.07) is 0. The van der Waals surface area contributed by atoms with Crippen LogP contribution in [-0.4, -0.2) is 11.2 Å². The minimum Gasteiger partial charge on any atom is -0.380 e. The summed E-state index contributed by atoms with van der Waals surface area (Å²) in [4.78, 5) is 0. The van der Waals surface area contributed by atoms with Crippen LogP contribution in [0.5, 0.6) is 0 Å². The molecular weight excluding hydrogens is 136 g/mol. The van der Waals surface area contributed by atoms with Crippen molar-refractivity contribution in [3.63, 3.8) is 0 Å². The lowest BCUT2D eigenvalue weighted by Crippen LogP contribution is -1.98. The molecule has 0 saturated carbocycles. The van der Waals surface area contributed by atoms with E-state index in [-0.39, 0.29) is 0 Å². The third kappa shape index (κ3) is 5.42. The molecule has 0 amide bonds. The van der Waals surface area contributed by atoms with Crippen LogP contribution in [0.25, 0.3) is 0 Å². The summed E-state index contributed by atoms with van der Waals surface area (Å²) in [6.07, 6.45) is 1.63. The van der Waals surface area contributed by atoms with E-state index in [0.29, 0.717) is 6.42 Å². The van der Waals surface area contributed by atoms with Crippen LogP contribution in [0.4, 0.5) is 0 Å². The Morgan fingerprint density at radius 3 is 2.89 bits per heavy atom. The van der Waals surface area contributed by atoms with Crippen molar-refractivity contribution in [1.82, 2.24) is 0 Å². The highest BCUT2D eigenvalue weighted by molar-refractivity contribution is 6.25. The van der Waals surface area contributed by atoms with E-state index in [0.717, 1.165) is 0 Å². The lowest BCUT2D eigenvalue weighted by Gasteiger charge is -1.91. The SMILES string of the molecule is CCC(O)C#C/C=C\Cl. The average molecular weight is 145 g/mol. The van der Waals surface area contributed by atoms with Gasteiger partial charge in [0.05, 0.1) is 0 Å². The molecular formula is C7H9ClO. The molecule has 1 atom stereocenters. The van der Waals surface area contributed by atoms with E-state index in [4.69, 9.17) is 16.7 Å². The van der Waals surface area contributed by atoms with Gasteiger partial charge < -0.3 is 5.11 Å². The fourth-order valence-corrected chi connectivity index (χ4v) is 0.341. The molecule has 50 valence electrons. The Morgan fingerprint density at radius 1 is 1.78 bits per heavy atom. The highest BCUT2D eigenvalue weighted by Crippen LogP contribution is 1.85. The zero-order chi connectivity index (χ0) is 7.11. The van der Waals surface area contributed by atoms with E-state index in [9.17, 15) is 0 Å². The van der Waals surface area contributed by atoms with Crippen LogP contribution in [-0.2, 0) is 0 Å². The maximum absolute atomic E-state index is 8.83. The fraction of sp³-hybridized carbons (Fsp3) is 0.429. The van der Waals surface area contributed by atoms with Crippen LogP contribution in [0.1, 0.15) is 13.3 Å².